The molecule has 2 heterocycles. The van der Waals surface area contributed by atoms with Gasteiger partial charge in [-0.25, -0.2) is 4.98 Å². The Morgan fingerprint density at radius 1 is 1.00 bits per heavy atom. The van der Waals surface area contributed by atoms with E-state index in [0.717, 1.165) is 54.8 Å². The summed E-state index contributed by atoms with van der Waals surface area (Å²) in [5, 5.41) is 11.8. The van der Waals surface area contributed by atoms with Crippen molar-refractivity contribution in [3.63, 3.8) is 0 Å². The number of amides is 2. The second-order valence-electron chi connectivity index (χ2n) is 12.6. The maximum atomic E-state index is 14.1. The van der Waals surface area contributed by atoms with Crippen molar-refractivity contribution in [3.05, 3.63) is 52.3 Å². The fraction of sp³-hybridized carbons (Fsp3) is 0.545. The molecule has 2 aliphatic rings. The third-order valence-electron chi connectivity index (χ3n) is 8.86. The minimum absolute atomic E-state index is 0.0453. The summed E-state index contributed by atoms with van der Waals surface area (Å²) in [7, 11) is 1.78. The van der Waals surface area contributed by atoms with Crippen molar-refractivity contribution in [2.75, 3.05) is 13.6 Å². The molecule has 3 atom stereocenters. The summed E-state index contributed by atoms with van der Waals surface area (Å²) < 4.78 is 0. The monoisotopic (exact) mass is 560 g/mol. The molecule has 1 aliphatic heterocycles. The summed E-state index contributed by atoms with van der Waals surface area (Å²) in [6, 6.07) is 12.2. The molecule has 3 aromatic rings. The van der Waals surface area contributed by atoms with Crippen molar-refractivity contribution in [2.24, 2.45) is 5.92 Å². The Morgan fingerprint density at radius 2 is 1.73 bits per heavy atom. The first kappa shape index (κ1) is 28.7. The van der Waals surface area contributed by atoms with Crippen molar-refractivity contribution in [2.45, 2.75) is 96.2 Å². The van der Waals surface area contributed by atoms with Gasteiger partial charge in [-0.15, -0.1) is 11.3 Å². The lowest BCUT2D eigenvalue weighted by molar-refractivity contribution is -0.139. The minimum Gasteiger partial charge on any atom is -0.343 e. The Kier molecular flexibility index (Phi) is 8.62. The highest BCUT2D eigenvalue weighted by atomic mass is 32.1. The fourth-order valence-electron chi connectivity index (χ4n) is 6.46. The Balaban J connectivity index is 1.43. The van der Waals surface area contributed by atoms with E-state index in [-0.39, 0.29) is 35.2 Å². The molecule has 0 unspecified atom stereocenters. The molecule has 0 radical (unpaired) electrons. The zero-order chi connectivity index (χ0) is 28.4. The quantitative estimate of drug-likeness (QED) is 0.342. The number of thiazole rings is 1. The second-order valence-corrected chi connectivity index (χ2v) is 13.5. The van der Waals surface area contributed by atoms with Gasteiger partial charge in [0.2, 0.25) is 11.8 Å². The largest absolute Gasteiger partial charge is 0.343 e. The van der Waals surface area contributed by atoms with Crippen LogP contribution in [0.15, 0.2) is 41.8 Å². The van der Waals surface area contributed by atoms with Gasteiger partial charge in [0.05, 0.1) is 17.8 Å². The molecule has 2 fully saturated rings. The highest BCUT2D eigenvalue weighted by Crippen LogP contribution is 2.40. The molecular formula is C33H44N4O2S. The zero-order valence-electron chi connectivity index (χ0n) is 24.6. The molecule has 1 aliphatic carbocycles. The normalized spacial score (nSPS) is 20.0. The van der Waals surface area contributed by atoms with Crippen molar-refractivity contribution in [1.29, 1.82) is 0 Å². The SMILES string of the molecule is CN[C@@H](C)C(=O)N[C@H](C(=O)N1CCC[C@H]1c1nc(-c2ccc(C(C)(C)C)c3ccccc23)cs1)C1CCCCC1. The van der Waals surface area contributed by atoms with E-state index in [0.29, 0.717) is 6.54 Å². The lowest BCUT2D eigenvalue weighted by atomic mass is 9.82. The molecule has 40 heavy (non-hydrogen) atoms. The molecule has 1 saturated carbocycles. The van der Waals surface area contributed by atoms with E-state index in [1.807, 2.05) is 11.8 Å². The summed E-state index contributed by atoms with van der Waals surface area (Å²) in [6.07, 6.45) is 7.27. The van der Waals surface area contributed by atoms with Crippen LogP contribution in [0.4, 0.5) is 0 Å². The molecule has 214 valence electrons. The maximum Gasteiger partial charge on any atom is 0.246 e. The molecule has 1 aromatic heterocycles. The topological polar surface area (TPSA) is 74.3 Å². The van der Waals surface area contributed by atoms with Crippen LogP contribution < -0.4 is 10.6 Å². The van der Waals surface area contributed by atoms with Gasteiger partial charge in [0.25, 0.3) is 0 Å². The molecule has 0 bridgehead atoms. The predicted octanol–water partition coefficient (Wildman–Crippen LogP) is 6.60. The number of nitrogens with zero attached hydrogens (tertiary/aromatic N) is 2. The first-order valence-electron chi connectivity index (χ1n) is 14.9. The maximum absolute atomic E-state index is 14.1. The smallest absolute Gasteiger partial charge is 0.246 e. The number of hydrogen-bond donors (Lipinski definition) is 2. The van der Waals surface area contributed by atoms with Gasteiger partial charge in [-0.1, -0.05) is 76.4 Å². The molecule has 1 saturated heterocycles. The summed E-state index contributed by atoms with van der Waals surface area (Å²) in [6.45, 7) is 9.31. The van der Waals surface area contributed by atoms with Crippen LogP contribution in [0.25, 0.3) is 22.0 Å². The van der Waals surface area contributed by atoms with Crippen molar-refractivity contribution in [1.82, 2.24) is 20.5 Å². The van der Waals surface area contributed by atoms with Gasteiger partial charge < -0.3 is 15.5 Å². The van der Waals surface area contributed by atoms with Crippen LogP contribution in [0.2, 0.25) is 0 Å². The van der Waals surface area contributed by atoms with Gasteiger partial charge in [-0.2, -0.15) is 0 Å². The van der Waals surface area contributed by atoms with Gasteiger partial charge in [0.1, 0.15) is 11.0 Å². The van der Waals surface area contributed by atoms with E-state index in [1.165, 1.54) is 22.8 Å². The predicted molar refractivity (Wildman–Crippen MR) is 164 cm³/mol. The number of carbonyl (C=O) groups is 2. The number of carbonyl (C=O) groups excluding carboxylic acids is 2. The first-order valence-corrected chi connectivity index (χ1v) is 15.8. The van der Waals surface area contributed by atoms with E-state index in [9.17, 15) is 9.59 Å². The van der Waals surface area contributed by atoms with Crippen LogP contribution in [0, 0.1) is 5.92 Å². The van der Waals surface area contributed by atoms with Gasteiger partial charge >= 0.3 is 0 Å². The Hall–Kier alpha value is -2.77. The van der Waals surface area contributed by atoms with Gasteiger partial charge in [0, 0.05) is 17.5 Å². The molecule has 2 aromatic carbocycles. The fourth-order valence-corrected chi connectivity index (χ4v) is 7.43. The minimum atomic E-state index is -0.475. The summed E-state index contributed by atoms with van der Waals surface area (Å²) in [5.41, 5.74) is 3.48. The number of benzene rings is 2. The van der Waals surface area contributed by atoms with Gasteiger partial charge in [0.15, 0.2) is 0 Å². The third-order valence-corrected chi connectivity index (χ3v) is 9.81. The Labute approximate surface area is 242 Å². The molecule has 7 heteroatoms. The van der Waals surface area contributed by atoms with E-state index in [4.69, 9.17) is 4.98 Å². The number of hydrogen-bond acceptors (Lipinski definition) is 5. The molecular weight excluding hydrogens is 516 g/mol. The van der Waals surface area contributed by atoms with E-state index in [1.54, 1.807) is 18.4 Å². The van der Waals surface area contributed by atoms with Crippen molar-refractivity contribution < 1.29 is 9.59 Å². The summed E-state index contributed by atoms with van der Waals surface area (Å²) >= 11 is 1.65. The Bertz CT molecular complexity index is 1350. The van der Waals surface area contributed by atoms with E-state index < -0.39 is 6.04 Å². The number of rotatable bonds is 7. The number of likely N-dealkylation sites (N-methyl/N-ethyl adjacent to an activating group) is 1. The average molecular weight is 561 g/mol. The zero-order valence-corrected chi connectivity index (χ0v) is 25.4. The second kappa shape index (κ2) is 12.0. The lowest BCUT2D eigenvalue weighted by Crippen LogP contribution is -2.55. The molecule has 2 amide bonds. The van der Waals surface area contributed by atoms with Crippen LogP contribution in [0.5, 0.6) is 0 Å². The van der Waals surface area contributed by atoms with Crippen LogP contribution in [-0.2, 0) is 15.0 Å². The van der Waals surface area contributed by atoms with Crippen molar-refractivity contribution >= 4 is 33.9 Å². The van der Waals surface area contributed by atoms with Gasteiger partial charge in [-0.05, 0) is 67.3 Å². The first-order chi connectivity index (χ1) is 19.2. The molecule has 2 N–H and O–H groups in total. The van der Waals surface area contributed by atoms with E-state index >= 15 is 0 Å². The highest BCUT2D eigenvalue weighted by Gasteiger charge is 2.40. The number of likely N-dealkylation sites (tertiary alicyclic amines) is 1. The summed E-state index contributed by atoms with van der Waals surface area (Å²) in [5.74, 6) is 0.141. The molecule has 6 nitrogen and oxygen atoms in total. The standard InChI is InChI=1S/C33H44N4O2S/c1-21(34-5)30(38)36-29(22-12-7-6-8-13-22)32(39)37-19-11-16-28(37)31-35-27(20-40-31)25-17-18-26(33(2,3)4)24-15-10-9-14-23(24)25/h9-10,14-15,17-18,20-22,28-29,34H,6-8,11-13,16,19H2,1-5H3,(H,36,38)/t21-,28-,29-/m0/s1. The van der Waals surface area contributed by atoms with Gasteiger partial charge in [-0.3, -0.25) is 9.59 Å². The lowest BCUT2D eigenvalue weighted by Gasteiger charge is -2.35. The molecule has 5 rings (SSSR count). The van der Waals surface area contributed by atoms with Crippen molar-refractivity contribution in [3.8, 4) is 11.3 Å². The van der Waals surface area contributed by atoms with Crippen LogP contribution in [0.3, 0.4) is 0 Å². The van der Waals surface area contributed by atoms with E-state index in [2.05, 4.69) is 73.2 Å². The third kappa shape index (κ3) is 5.82. The van der Waals surface area contributed by atoms with Crippen LogP contribution in [-0.4, -0.2) is 47.4 Å². The Morgan fingerprint density at radius 3 is 2.42 bits per heavy atom. The molecule has 0 spiro atoms. The number of fused-ring (bicyclic) bond motifs is 1. The average Bonchev–Trinajstić information content (AvgIpc) is 3.64. The van der Waals surface area contributed by atoms with Crippen LogP contribution >= 0.6 is 11.3 Å². The number of nitrogens with one attached hydrogen (secondary N) is 2. The highest BCUT2D eigenvalue weighted by molar-refractivity contribution is 7.10. The number of aromatic nitrogens is 1. The van der Waals surface area contributed by atoms with Crippen LogP contribution in [0.1, 0.15) is 89.3 Å². The summed E-state index contributed by atoms with van der Waals surface area (Å²) in [4.78, 5) is 34.2.